The van der Waals surface area contributed by atoms with Crippen LogP contribution in [-0.4, -0.2) is 22.2 Å². The smallest absolute Gasteiger partial charge is 0.352 e. The lowest BCUT2D eigenvalue weighted by molar-refractivity contribution is 0.0684. The van der Waals surface area contributed by atoms with Crippen molar-refractivity contribution >= 4 is 16.9 Å². The van der Waals surface area contributed by atoms with Gasteiger partial charge in [-0.25, -0.2) is 9.18 Å². The van der Waals surface area contributed by atoms with Gasteiger partial charge in [0.1, 0.15) is 17.3 Å². The monoisotopic (exact) mass is 406 g/mol. The minimum Gasteiger partial charge on any atom is -0.477 e. The number of nitrogens with one attached hydrogen (secondary N) is 1. The van der Waals surface area contributed by atoms with Crippen LogP contribution in [0.1, 0.15) is 32.9 Å². The largest absolute Gasteiger partial charge is 0.477 e. The van der Waals surface area contributed by atoms with Gasteiger partial charge in [0, 0.05) is 42.5 Å². The molecule has 0 amide bonds. The topological polar surface area (TPSA) is 67.4 Å². The van der Waals surface area contributed by atoms with Gasteiger partial charge in [0.25, 0.3) is 0 Å². The normalized spacial score (nSPS) is 11.3. The first-order valence-corrected chi connectivity index (χ1v) is 9.85. The van der Waals surface area contributed by atoms with Crippen LogP contribution in [0.4, 0.5) is 4.39 Å². The summed E-state index contributed by atoms with van der Waals surface area (Å²) in [5.74, 6) is -0.406. The van der Waals surface area contributed by atoms with Gasteiger partial charge in [-0.05, 0) is 48.4 Å². The number of carboxylic acids is 1. The average molecular weight is 406 g/mol. The Kier molecular flexibility index (Phi) is 5.68. The highest BCUT2D eigenvalue weighted by Gasteiger charge is 2.22. The number of furan rings is 1. The van der Waals surface area contributed by atoms with Crippen LogP contribution in [0.5, 0.6) is 0 Å². The number of aromatic carboxylic acids is 1. The molecule has 0 aliphatic rings. The summed E-state index contributed by atoms with van der Waals surface area (Å²) in [5, 5.41) is 14.3. The highest BCUT2D eigenvalue weighted by molar-refractivity contribution is 5.98. The molecule has 0 aliphatic heterocycles. The van der Waals surface area contributed by atoms with Crippen LogP contribution in [0, 0.1) is 12.7 Å². The van der Waals surface area contributed by atoms with Crippen LogP contribution in [0.15, 0.2) is 65.3 Å². The third-order valence-corrected chi connectivity index (χ3v) is 5.21. The number of hydrogen-bond donors (Lipinski definition) is 2. The van der Waals surface area contributed by atoms with E-state index in [1.165, 1.54) is 12.1 Å². The molecule has 0 bridgehead atoms. The quantitative estimate of drug-likeness (QED) is 0.414. The SMILES string of the molecule is Cc1ccc2c(CNCCc3ccco3)c(C(=O)O)n(Cc3ccc(F)cc3)c2c1. The summed E-state index contributed by atoms with van der Waals surface area (Å²) >= 11 is 0. The Morgan fingerprint density at radius 1 is 1.17 bits per heavy atom. The third kappa shape index (κ3) is 4.14. The Morgan fingerprint density at radius 3 is 2.67 bits per heavy atom. The van der Waals surface area contributed by atoms with Crippen molar-refractivity contribution in [2.24, 2.45) is 0 Å². The van der Waals surface area contributed by atoms with Gasteiger partial charge in [0.15, 0.2) is 0 Å². The Morgan fingerprint density at radius 2 is 1.97 bits per heavy atom. The van der Waals surface area contributed by atoms with E-state index >= 15 is 0 Å². The fourth-order valence-electron chi connectivity index (χ4n) is 3.77. The molecule has 6 heteroatoms. The van der Waals surface area contributed by atoms with Crippen molar-refractivity contribution in [2.45, 2.75) is 26.4 Å². The molecule has 0 unspecified atom stereocenters. The maximum absolute atomic E-state index is 13.3. The van der Waals surface area contributed by atoms with E-state index in [2.05, 4.69) is 5.32 Å². The zero-order chi connectivity index (χ0) is 21.1. The number of nitrogens with zero attached hydrogens (tertiary/aromatic N) is 1. The molecular weight excluding hydrogens is 383 g/mol. The van der Waals surface area contributed by atoms with Crippen molar-refractivity contribution in [3.8, 4) is 0 Å². The summed E-state index contributed by atoms with van der Waals surface area (Å²) in [7, 11) is 0. The number of hydrogen-bond acceptors (Lipinski definition) is 3. The van der Waals surface area contributed by atoms with Crippen LogP contribution in [0.25, 0.3) is 10.9 Å². The first-order chi connectivity index (χ1) is 14.5. The number of aromatic nitrogens is 1. The molecule has 0 spiro atoms. The molecule has 0 radical (unpaired) electrons. The molecule has 4 rings (SSSR count). The predicted octanol–water partition coefficient (Wildman–Crippen LogP) is 4.76. The Bertz CT molecular complexity index is 1160. The number of carbonyl (C=O) groups is 1. The summed E-state index contributed by atoms with van der Waals surface area (Å²) in [6.07, 6.45) is 2.37. The maximum Gasteiger partial charge on any atom is 0.352 e. The molecule has 2 aromatic carbocycles. The van der Waals surface area contributed by atoms with Crippen molar-refractivity contribution in [1.29, 1.82) is 0 Å². The van der Waals surface area contributed by atoms with E-state index in [1.54, 1.807) is 23.0 Å². The first-order valence-electron chi connectivity index (χ1n) is 9.85. The minimum atomic E-state index is -0.978. The number of aryl methyl sites for hydroxylation is 1. The van der Waals surface area contributed by atoms with Gasteiger partial charge in [0.2, 0.25) is 0 Å². The van der Waals surface area contributed by atoms with E-state index < -0.39 is 5.97 Å². The van der Waals surface area contributed by atoms with E-state index in [0.717, 1.165) is 39.8 Å². The molecule has 0 atom stereocenters. The highest BCUT2D eigenvalue weighted by atomic mass is 19.1. The molecule has 2 N–H and O–H groups in total. The lowest BCUT2D eigenvalue weighted by atomic mass is 10.1. The zero-order valence-corrected chi connectivity index (χ0v) is 16.7. The van der Waals surface area contributed by atoms with Crippen LogP contribution < -0.4 is 5.32 Å². The maximum atomic E-state index is 13.3. The molecule has 154 valence electrons. The molecule has 2 heterocycles. The molecular formula is C24H23FN2O3. The summed E-state index contributed by atoms with van der Waals surface area (Å²) in [6, 6.07) is 15.9. The van der Waals surface area contributed by atoms with Gasteiger partial charge >= 0.3 is 5.97 Å². The molecule has 30 heavy (non-hydrogen) atoms. The average Bonchev–Trinajstić information content (AvgIpc) is 3.33. The lowest BCUT2D eigenvalue weighted by Crippen LogP contribution is -2.19. The molecule has 0 fully saturated rings. The highest BCUT2D eigenvalue weighted by Crippen LogP contribution is 2.28. The summed E-state index contributed by atoms with van der Waals surface area (Å²) in [5.41, 5.74) is 3.76. The molecule has 2 aromatic heterocycles. The lowest BCUT2D eigenvalue weighted by Gasteiger charge is -2.10. The van der Waals surface area contributed by atoms with Crippen molar-refractivity contribution in [3.05, 3.63) is 94.8 Å². The van der Waals surface area contributed by atoms with Crippen LogP contribution in [0.3, 0.4) is 0 Å². The summed E-state index contributed by atoms with van der Waals surface area (Å²) < 4.78 is 20.5. The molecule has 4 aromatic rings. The first kappa shape index (κ1) is 19.9. The number of carboxylic acid groups (broad SMARTS) is 1. The van der Waals surface area contributed by atoms with E-state index in [4.69, 9.17) is 4.42 Å². The van der Waals surface area contributed by atoms with Crippen molar-refractivity contribution in [2.75, 3.05) is 6.54 Å². The van der Waals surface area contributed by atoms with Crippen molar-refractivity contribution < 1.29 is 18.7 Å². The molecule has 0 saturated carbocycles. The fourth-order valence-corrected chi connectivity index (χ4v) is 3.77. The Balaban J connectivity index is 1.68. The third-order valence-electron chi connectivity index (χ3n) is 5.21. The molecule has 5 nitrogen and oxygen atoms in total. The summed E-state index contributed by atoms with van der Waals surface area (Å²) in [6.45, 7) is 3.44. The molecule has 0 saturated heterocycles. The fraction of sp³-hybridized carbons (Fsp3) is 0.208. The van der Waals surface area contributed by atoms with Gasteiger partial charge < -0.3 is 19.4 Å². The Hall–Kier alpha value is -3.38. The van der Waals surface area contributed by atoms with Gasteiger partial charge in [-0.15, -0.1) is 0 Å². The van der Waals surface area contributed by atoms with E-state index in [1.807, 2.05) is 37.3 Å². The summed E-state index contributed by atoms with van der Waals surface area (Å²) in [4.78, 5) is 12.2. The number of fused-ring (bicyclic) bond motifs is 1. The number of rotatable bonds is 8. The van der Waals surface area contributed by atoms with Crippen molar-refractivity contribution in [1.82, 2.24) is 9.88 Å². The van der Waals surface area contributed by atoms with Gasteiger partial charge in [-0.2, -0.15) is 0 Å². The van der Waals surface area contributed by atoms with Gasteiger partial charge in [-0.1, -0.05) is 24.3 Å². The number of halogens is 1. The van der Waals surface area contributed by atoms with Crippen LogP contribution >= 0.6 is 0 Å². The second kappa shape index (κ2) is 8.55. The number of benzene rings is 2. The Labute approximate surface area is 173 Å². The van der Waals surface area contributed by atoms with E-state index in [-0.39, 0.29) is 11.5 Å². The second-order valence-corrected chi connectivity index (χ2v) is 7.37. The standard InChI is InChI=1S/C24H23FN2O3/c1-16-4-9-20-21(14-26-11-10-19-3-2-12-30-19)23(24(28)29)27(22(20)13-16)15-17-5-7-18(25)8-6-17/h2-9,12-13,26H,10-11,14-15H2,1H3,(H,28,29). The van der Waals surface area contributed by atoms with Crippen LogP contribution in [-0.2, 0) is 19.5 Å². The molecule has 0 aliphatic carbocycles. The minimum absolute atomic E-state index is 0.255. The van der Waals surface area contributed by atoms with Crippen LogP contribution in [0.2, 0.25) is 0 Å². The zero-order valence-electron chi connectivity index (χ0n) is 16.7. The van der Waals surface area contributed by atoms with E-state index in [0.29, 0.717) is 19.6 Å². The van der Waals surface area contributed by atoms with Crippen molar-refractivity contribution in [3.63, 3.8) is 0 Å². The van der Waals surface area contributed by atoms with Gasteiger partial charge in [-0.3, -0.25) is 0 Å². The second-order valence-electron chi connectivity index (χ2n) is 7.37. The van der Waals surface area contributed by atoms with E-state index in [9.17, 15) is 14.3 Å². The predicted molar refractivity (Wildman–Crippen MR) is 113 cm³/mol. The van der Waals surface area contributed by atoms with Gasteiger partial charge in [0.05, 0.1) is 6.26 Å².